The van der Waals surface area contributed by atoms with Crippen molar-refractivity contribution >= 4 is 28.7 Å². The third-order valence-electron chi connectivity index (χ3n) is 0.406. The molecule has 0 aliphatic rings. The van der Waals surface area contributed by atoms with Crippen molar-refractivity contribution in [3.05, 3.63) is 0 Å². The van der Waals surface area contributed by atoms with Crippen molar-refractivity contribution in [2.75, 3.05) is 6.54 Å². The number of hydrogen-bond acceptors (Lipinski definition) is 3. The van der Waals surface area contributed by atoms with E-state index < -0.39 is 22.8 Å². The van der Waals surface area contributed by atoms with Crippen molar-refractivity contribution in [2.45, 2.75) is 0 Å². The van der Waals surface area contributed by atoms with Crippen LogP contribution in [-0.2, 0) is 15.1 Å². The highest BCUT2D eigenvalue weighted by Crippen LogP contribution is 1.69. The molecule has 0 amide bonds. The maximum absolute atomic E-state index is 9.72. The number of hydrogen-bond donors (Lipinski definition) is 3. The fourth-order valence-corrected chi connectivity index (χ4v) is 0.459. The van der Waals surface area contributed by atoms with Crippen LogP contribution in [-0.4, -0.2) is 30.6 Å². The van der Waals surface area contributed by atoms with Gasteiger partial charge in [0.25, 0.3) is 0 Å². The minimum absolute atomic E-state index is 0. The Morgan fingerprint density at radius 1 is 1.50 bits per heavy atom. The lowest BCUT2D eigenvalue weighted by molar-refractivity contribution is -0.135. The Morgan fingerprint density at radius 3 is 2.00 bits per heavy atom. The summed E-state index contributed by atoms with van der Waals surface area (Å²) in [4.78, 5) is 9.61. The molecule has 6 nitrogen and oxygen atoms in total. The summed E-state index contributed by atoms with van der Waals surface area (Å²) in [6, 6.07) is 0. The SMILES string of the molecule is Cl.O=C(O)CNS(=O)(=O)O. The summed E-state index contributed by atoms with van der Waals surface area (Å²) in [6.07, 6.45) is 0. The number of rotatable bonds is 3. The highest BCUT2D eigenvalue weighted by atomic mass is 35.5. The fraction of sp³-hybridized carbons (Fsp3) is 0.500. The second-order valence-corrected chi connectivity index (χ2v) is 2.43. The minimum atomic E-state index is -4.35. The molecule has 0 radical (unpaired) electrons. The van der Waals surface area contributed by atoms with Crippen molar-refractivity contribution in [1.29, 1.82) is 0 Å². The molecule has 0 aromatic carbocycles. The van der Waals surface area contributed by atoms with Crippen LogP contribution in [0.5, 0.6) is 0 Å². The highest BCUT2D eigenvalue weighted by molar-refractivity contribution is 7.83. The molecule has 0 aromatic heterocycles. The zero-order chi connectivity index (χ0) is 7.49. The van der Waals surface area contributed by atoms with Crippen molar-refractivity contribution < 1.29 is 22.9 Å². The Labute approximate surface area is 63.5 Å². The molecule has 0 spiro atoms. The van der Waals surface area contributed by atoms with Gasteiger partial charge in [-0.05, 0) is 0 Å². The molecule has 10 heavy (non-hydrogen) atoms. The van der Waals surface area contributed by atoms with Gasteiger partial charge in [-0.25, -0.2) is 0 Å². The predicted octanol–water partition coefficient (Wildman–Crippen LogP) is -1.11. The summed E-state index contributed by atoms with van der Waals surface area (Å²) < 4.78 is 28.6. The Bertz CT molecular complexity index is 198. The van der Waals surface area contributed by atoms with Crippen LogP contribution in [0, 0.1) is 0 Å². The zero-order valence-electron chi connectivity index (χ0n) is 4.64. The second kappa shape index (κ2) is 4.45. The Morgan fingerprint density at radius 2 is 1.90 bits per heavy atom. The van der Waals surface area contributed by atoms with Gasteiger partial charge in [-0.3, -0.25) is 9.35 Å². The van der Waals surface area contributed by atoms with Crippen LogP contribution < -0.4 is 4.72 Å². The molecule has 0 atom stereocenters. The molecule has 0 saturated heterocycles. The standard InChI is InChI=1S/C2H5NO5S.ClH/c4-2(5)1-3-9(6,7)8;/h3H,1H2,(H,4,5)(H,6,7,8);1H. The molecule has 0 aromatic rings. The van der Waals surface area contributed by atoms with E-state index in [0.717, 1.165) is 0 Å². The average Bonchev–Trinajstić information content (AvgIpc) is 1.59. The van der Waals surface area contributed by atoms with Crippen LogP contribution in [0.4, 0.5) is 0 Å². The molecule has 3 N–H and O–H groups in total. The second-order valence-electron chi connectivity index (χ2n) is 1.19. The predicted molar refractivity (Wildman–Crippen MR) is 34.4 cm³/mol. The number of nitrogens with one attached hydrogen (secondary N) is 1. The van der Waals surface area contributed by atoms with Crippen LogP contribution >= 0.6 is 12.4 Å². The number of halogens is 1. The van der Waals surface area contributed by atoms with Gasteiger partial charge in [0.15, 0.2) is 0 Å². The largest absolute Gasteiger partial charge is 0.480 e. The van der Waals surface area contributed by atoms with Crippen LogP contribution in [0.2, 0.25) is 0 Å². The summed E-state index contributed by atoms with van der Waals surface area (Å²) in [5.41, 5.74) is 0. The first-order chi connectivity index (χ1) is 3.92. The van der Waals surface area contributed by atoms with Crippen molar-refractivity contribution in [1.82, 2.24) is 4.72 Å². The van der Waals surface area contributed by atoms with Gasteiger partial charge in [0.1, 0.15) is 6.54 Å². The van der Waals surface area contributed by atoms with Crippen molar-refractivity contribution in [3.63, 3.8) is 0 Å². The number of aliphatic carboxylic acids is 1. The quantitative estimate of drug-likeness (QED) is 0.491. The molecule has 0 unspecified atom stereocenters. The fourth-order valence-electron chi connectivity index (χ4n) is 0.153. The molecule has 0 fully saturated rings. The smallest absolute Gasteiger partial charge is 0.333 e. The van der Waals surface area contributed by atoms with Gasteiger partial charge in [0, 0.05) is 0 Å². The van der Waals surface area contributed by atoms with Crippen molar-refractivity contribution in [2.24, 2.45) is 0 Å². The summed E-state index contributed by atoms with van der Waals surface area (Å²) in [7, 11) is -4.35. The highest BCUT2D eigenvalue weighted by Gasteiger charge is 2.04. The molecular weight excluding hydrogens is 186 g/mol. The lowest BCUT2D eigenvalue weighted by atomic mass is 10.7. The van der Waals surface area contributed by atoms with E-state index in [2.05, 4.69) is 0 Å². The molecule has 0 aliphatic heterocycles. The van der Waals surface area contributed by atoms with Gasteiger partial charge in [-0.2, -0.15) is 13.1 Å². The molecule has 0 aliphatic carbocycles. The van der Waals surface area contributed by atoms with Gasteiger partial charge in [-0.15, -0.1) is 12.4 Å². The molecule has 0 rings (SSSR count). The lowest BCUT2D eigenvalue weighted by Gasteiger charge is -1.92. The van der Waals surface area contributed by atoms with E-state index in [-0.39, 0.29) is 12.4 Å². The Hall–Kier alpha value is -0.370. The first-order valence-electron chi connectivity index (χ1n) is 1.85. The minimum Gasteiger partial charge on any atom is -0.480 e. The molecule has 0 heterocycles. The third-order valence-corrected chi connectivity index (χ3v) is 0.915. The van der Waals surface area contributed by atoms with Crippen LogP contribution in [0.15, 0.2) is 0 Å². The summed E-state index contributed by atoms with van der Waals surface area (Å²) in [5.74, 6) is -1.35. The maximum atomic E-state index is 9.72. The Kier molecular flexibility index (Phi) is 5.48. The van der Waals surface area contributed by atoms with E-state index in [1.807, 2.05) is 0 Å². The van der Waals surface area contributed by atoms with Gasteiger partial charge in [-0.1, -0.05) is 0 Å². The molecular formula is C2H6ClNO5S. The van der Waals surface area contributed by atoms with E-state index >= 15 is 0 Å². The van der Waals surface area contributed by atoms with Gasteiger partial charge in [0.05, 0.1) is 0 Å². The first kappa shape index (κ1) is 12.3. The first-order valence-corrected chi connectivity index (χ1v) is 3.29. The van der Waals surface area contributed by atoms with E-state index in [1.165, 1.54) is 4.72 Å². The average molecular weight is 192 g/mol. The van der Waals surface area contributed by atoms with Crippen LogP contribution in [0.25, 0.3) is 0 Å². The lowest BCUT2D eigenvalue weighted by Crippen LogP contribution is -2.28. The summed E-state index contributed by atoms with van der Waals surface area (Å²) in [5, 5.41) is 7.84. The van der Waals surface area contributed by atoms with E-state index in [4.69, 9.17) is 9.66 Å². The van der Waals surface area contributed by atoms with E-state index in [1.54, 1.807) is 0 Å². The van der Waals surface area contributed by atoms with Gasteiger partial charge >= 0.3 is 16.3 Å². The third kappa shape index (κ3) is 10.6. The summed E-state index contributed by atoms with van der Waals surface area (Å²) in [6.45, 7) is -0.807. The number of carbonyl (C=O) groups is 1. The van der Waals surface area contributed by atoms with Gasteiger partial charge < -0.3 is 5.11 Å². The molecule has 0 bridgehead atoms. The van der Waals surface area contributed by atoms with E-state index in [0.29, 0.717) is 0 Å². The Balaban J connectivity index is 0. The normalized spacial score (nSPS) is 10.1. The maximum Gasteiger partial charge on any atom is 0.333 e. The van der Waals surface area contributed by atoms with Crippen LogP contribution in [0.1, 0.15) is 0 Å². The van der Waals surface area contributed by atoms with E-state index in [9.17, 15) is 13.2 Å². The molecule has 8 heteroatoms. The zero-order valence-corrected chi connectivity index (χ0v) is 6.28. The topological polar surface area (TPSA) is 104 Å². The molecule has 0 saturated carbocycles. The van der Waals surface area contributed by atoms with Crippen LogP contribution in [0.3, 0.4) is 0 Å². The number of carboxylic acids is 1. The van der Waals surface area contributed by atoms with Crippen molar-refractivity contribution in [3.8, 4) is 0 Å². The summed E-state index contributed by atoms with van der Waals surface area (Å²) >= 11 is 0. The monoisotopic (exact) mass is 191 g/mol. The number of carboxylic acid groups (broad SMARTS) is 1. The molecule has 62 valence electrons. The van der Waals surface area contributed by atoms with Gasteiger partial charge in [0.2, 0.25) is 0 Å².